The normalized spacial score (nSPS) is 11.8. The van der Waals surface area contributed by atoms with Gasteiger partial charge in [-0.3, -0.25) is 4.79 Å². The second-order valence-electron chi connectivity index (χ2n) is 5.66. The third-order valence-electron chi connectivity index (χ3n) is 3.56. The van der Waals surface area contributed by atoms with E-state index in [-0.39, 0.29) is 16.6 Å². The minimum atomic E-state index is -3.52. The van der Waals surface area contributed by atoms with Gasteiger partial charge in [-0.25, -0.2) is 8.42 Å². The largest absolute Gasteiger partial charge is 0.395 e. The molecule has 0 spiro atoms. The van der Waals surface area contributed by atoms with Gasteiger partial charge in [0, 0.05) is 5.69 Å². The SMILES string of the molecule is CCCCCCC/C=C/C(=O)Nc1cccc(S(=O)(=O)CCO)c1. The maximum absolute atomic E-state index is 11.9. The van der Waals surface area contributed by atoms with Gasteiger partial charge in [-0.05, 0) is 37.1 Å². The molecule has 0 fully saturated rings. The van der Waals surface area contributed by atoms with Gasteiger partial charge in [-0.2, -0.15) is 0 Å². The van der Waals surface area contributed by atoms with E-state index in [2.05, 4.69) is 12.2 Å². The van der Waals surface area contributed by atoms with Crippen molar-refractivity contribution in [1.29, 1.82) is 0 Å². The van der Waals surface area contributed by atoms with Crippen molar-refractivity contribution >= 4 is 21.4 Å². The number of hydrogen-bond donors (Lipinski definition) is 2. The van der Waals surface area contributed by atoms with Crippen LogP contribution in [0, 0.1) is 0 Å². The highest BCUT2D eigenvalue weighted by atomic mass is 32.2. The van der Waals surface area contributed by atoms with E-state index in [1.807, 2.05) is 6.08 Å². The smallest absolute Gasteiger partial charge is 0.248 e. The number of benzene rings is 1. The van der Waals surface area contributed by atoms with E-state index < -0.39 is 16.4 Å². The summed E-state index contributed by atoms with van der Waals surface area (Å²) in [6, 6.07) is 6.06. The average molecular weight is 353 g/mol. The van der Waals surface area contributed by atoms with Gasteiger partial charge in [0.25, 0.3) is 0 Å². The van der Waals surface area contributed by atoms with Gasteiger partial charge in [-0.1, -0.05) is 44.7 Å². The molecule has 5 nitrogen and oxygen atoms in total. The van der Waals surface area contributed by atoms with E-state index in [4.69, 9.17) is 5.11 Å². The second kappa shape index (κ2) is 11.0. The molecular weight excluding hydrogens is 326 g/mol. The Kier molecular flexibility index (Phi) is 9.34. The van der Waals surface area contributed by atoms with Crippen LogP contribution in [0.5, 0.6) is 0 Å². The van der Waals surface area contributed by atoms with Crippen LogP contribution in [0.2, 0.25) is 0 Å². The van der Waals surface area contributed by atoms with Crippen molar-refractivity contribution in [2.75, 3.05) is 17.7 Å². The minimum absolute atomic E-state index is 0.0919. The Morgan fingerprint density at radius 2 is 1.96 bits per heavy atom. The molecule has 24 heavy (non-hydrogen) atoms. The number of unbranched alkanes of at least 4 members (excludes halogenated alkanes) is 5. The zero-order valence-corrected chi connectivity index (χ0v) is 15.0. The van der Waals surface area contributed by atoms with Crippen LogP contribution >= 0.6 is 0 Å². The molecule has 134 valence electrons. The molecule has 0 saturated carbocycles. The monoisotopic (exact) mass is 353 g/mol. The first kappa shape index (κ1) is 20.4. The van der Waals surface area contributed by atoms with Crippen LogP contribution in [0.4, 0.5) is 5.69 Å². The highest BCUT2D eigenvalue weighted by Crippen LogP contribution is 2.16. The molecule has 1 aromatic carbocycles. The summed E-state index contributed by atoms with van der Waals surface area (Å²) in [6.07, 6.45) is 10.1. The maximum Gasteiger partial charge on any atom is 0.248 e. The fraction of sp³-hybridized carbons (Fsp3) is 0.500. The fourth-order valence-electron chi connectivity index (χ4n) is 2.25. The number of sulfone groups is 1. The number of amides is 1. The van der Waals surface area contributed by atoms with Gasteiger partial charge in [0.05, 0.1) is 17.3 Å². The van der Waals surface area contributed by atoms with Crippen molar-refractivity contribution in [3.63, 3.8) is 0 Å². The topological polar surface area (TPSA) is 83.5 Å². The molecule has 1 aromatic rings. The summed E-state index contributed by atoms with van der Waals surface area (Å²) in [4.78, 5) is 11.9. The van der Waals surface area contributed by atoms with Crippen molar-refractivity contribution in [2.45, 2.75) is 50.3 Å². The predicted octanol–water partition coefficient (Wildman–Crippen LogP) is 3.31. The zero-order valence-electron chi connectivity index (χ0n) is 14.2. The number of allylic oxidation sites excluding steroid dienone is 1. The molecule has 0 heterocycles. The molecule has 0 aliphatic carbocycles. The van der Waals surface area contributed by atoms with E-state index in [0.29, 0.717) is 5.69 Å². The molecule has 0 radical (unpaired) electrons. The van der Waals surface area contributed by atoms with Crippen LogP contribution in [0.25, 0.3) is 0 Å². The third kappa shape index (κ3) is 7.75. The summed E-state index contributed by atoms with van der Waals surface area (Å²) in [5.74, 6) is -0.609. The van der Waals surface area contributed by atoms with Gasteiger partial charge in [0.15, 0.2) is 9.84 Å². The van der Waals surface area contributed by atoms with Crippen molar-refractivity contribution in [3.05, 3.63) is 36.4 Å². The molecule has 1 amide bonds. The zero-order chi connectivity index (χ0) is 17.8. The van der Waals surface area contributed by atoms with Crippen LogP contribution in [0.1, 0.15) is 45.4 Å². The summed E-state index contributed by atoms with van der Waals surface area (Å²) in [7, 11) is -3.52. The molecule has 0 atom stereocenters. The summed E-state index contributed by atoms with van der Waals surface area (Å²) in [5.41, 5.74) is 0.423. The van der Waals surface area contributed by atoms with E-state index in [1.54, 1.807) is 12.1 Å². The van der Waals surface area contributed by atoms with Crippen molar-refractivity contribution in [1.82, 2.24) is 0 Å². The number of hydrogen-bond acceptors (Lipinski definition) is 4. The van der Waals surface area contributed by atoms with Crippen molar-refractivity contribution < 1.29 is 18.3 Å². The Bertz CT molecular complexity index is 638. The van der Waals surface area contributed by atoms with Crippen LogP contribution in [-0.4, -0.2) is 31.8 Å². The number of aliphatic hydroxyl groups excluding tert-OH is 1. The van der Waals surface area contributed by atoms with Crippen LogP contribution in [0.3, 0.4) is 0 Å². The molecular formula is C18H27NO4S. The minimum Gasteiger partial charge on any atom is -0.395 e. The van der Waals surface area contributed by atoms with E-state index in [9.17, 15) is 13.2 Å². The molecule has 0 unspecified atom stereocenters. The number of aliphatic hydroxyl groups is 1. The summed E-state index contributed by atoms with van der Waals surface area (Å²) >= 11 is 0. The standard InChI is InChI=1S/C18H27NO4S/c1-2-3-4-5-6-7-8-12-18(21)19-16-10-9-11-17(15-16)24(22,23)14-13-20/h8-12,15,20H,2-7,13-14H2,1H3,(H,19,21)/b12-8+. The molecule has 1 rings (SSSR count). The molecule has 0 aromatic heterocycles. The number of nitrogens with one attached hydrogen (secondary N) is 1. The first-order valence-electron chi connectivity index (χ1n) is 8.41. The van der Waals surface area contributed by atoms with Gasteiger partial charge in [0.2, 0.25) is 5.91 Å². The predicted molar refractivity (Wildman–Crippen MR) is 96.7 cm³/mol. The summed E-state index contributed by atoms with van der Waals surface area (Å²) < 4.78 is 23.8. The van der Waals surface area contributed by atoms with Crippen LogP contribution < -0.4 is 5.32 Å². The lowest BCUT2D eigenvalue weighted by atomic mass is 10.1. The molecule has 0 bridgehead atoms. The first-order valence-corrected chi connectivity index (χ1v) is 10.1. The van der Waals surface area contributed by atoms with E-state index in [0.717, 1.165) is 12.8 Å². The highest BCUT2D eigenvalue weighted by Gasteiger charge is 2.14. The molecule has 2 N–H and O–H groups in total. The molecule has 6 heteroatoms. The number of anilines is 1. The molecule has 0 aliphatic rings. The molecule has 0 aliphatic heterocycles. The third-order valence-corrected chi connectivity index (χ3v) is 5.26. The molecule has 0 saturated heterocycles. The highest BCUT2D eigenvalue weighted by molar-refractivity contribution is 7.91. The number of carbonyl (C=O) groups excluding carboxylic acids is 1. The number of rotatable bonds is 11. The van der Waals surface area contributed by atoms with Crippen LogP contribution in [-0.2, 0) is 14.6 Å². The first-order chi connectivity index (χ1) is 11.5. The van der Waals surface area contributed by atoms with E-state index in [1.165, 1.54) is 43.9 Å². The second-order valence-corrected chi connectivity index (χ2v) is 7.77. The Morgan fingerprint density at radius 3 is 2.67 bits per heavy atom. The maximum atomic E-state index is 11.9. The lowest BCUT2D eigenvalue weighted by Crippen LogP contribution is -2.12. The Hall–Kier alpha value is -1.66. The average Bonchev–Trinajstić information content (AvgIpc) is 2.54. The summed E-state index contributed by atoms with van der Waals surface area (Å²) in [5, 5.41) is 11.5. The Balaban J connectivity index is 2.50. The van der Waals surface area contributed by atoms with Gasteiger partial charge in [0.1, 0.15) is 0 Å². The lowest BCUT2D eigenvalue weighted by Gasteiger charge is -2.06. The Labute approximate surface area is 144 Å². The Morgan fingerprint density at radius 1 is 1.21 bits per heavy atom. The number of carbonyl (C=O) groups is 1. The fourth-order valence-corrected chi connectivity index (χ4v) is 3.31. The van der Waals surface area contributed by atoms with Crippen molar-refractivity contribution in [2.24, 2.45) is 0 Å². The van der Waals surface area contributed by atoms with Gasteiger partial charge < -0.3 is 10.4 Å². The van der Waals surface area contributed by atoms with Crippen molar-refractivity contribution in [3.8, 4) is 0 Å². The quantitative estimate of drug-likeness (QED) is 0.472. The summed E-state index contributed by atoms with van der Waals surface area (Å²) in [6.45, 7) is 1.74. The van der Waals surface area contributed by atoms with Gasteiger partial charge in [-0.15, -0.1) is 0 Å². The van der Waals surface area contributed by atoms with E-state index >= 15 is 0 Å². The van der Waals surface area contributed by atoms with Gasteiger partial charge >= 0.3 is 0 Å². The van der Waals surface area contributed by atoms with Crippen LogP contribution in [0.15, 0.2) is 41.3 Å². The lowest BCUT2D eigenvalue weighted by molar-refractivity contribution is -0.111.